The van der Waals surface area contributed by atoms with Gasteiger partial charge in [-0.1, -0.05) is 37.3 Å². The van der Waals surface area contributed by atoms with Gasteiger partial charge in [-0.2, -0.15) is 4.31 Å². The van der Waals surface area contributed by atoms with Gasteiger partial charge in [-0.25, -0.2) is 16.8 Å². The van der Waals surface area contributed by atoms with E-state index >= 15 is 0 Å². The Morgan fingerprint density at radius 3 is 2.52 bits per heavy atom. The number of carbonyl (C=O) groups is 1. The highest BCUT2D eigenvalue weighted by molar-refractivity contribution is 7.91. The van der Waals surface area contributed by atoms with Crippen molar-refractivity contribution in [2.24, 2.45) is 0 Å². The van der Waals surface area contributed by atoms with Crippen LogP contribution in [0.25, 0.3) is 10.8 Å². The molecule has 1 heterocycles. The van der Waals surface area contributed by atoms with Crippen LogP contribution in [-0.2, 0) is 24.7 Å². The van der Waals surface area contributed by atoms with Gasteiger partial charge in [-0.15, -0.1) is 0 Å². The first-order valence-electron chi connectivity index (χ1n) is 8.70. The van der Waals surface area contributed by atoms with E-state index in [2.05, 4.69) is 5.32 Å². The van der Waals surface area contributed by atoms with E-state index in [1.165, 1.54) is 6.07 Å². The molecular formula is C18H22N2O5S2. The van der Waals surface area contributed by atoms with Gasteiger partial charge in [0, 0.05) is 12.6 Å². The summed E-state index contributed by atoms with van der Waals surface area (Å²) in [4.78, 5) is 12.4. The van der Waals surface area contributed by atoms with E-state index in [1.807, 2.05) is 24.3 Å². The molecule has 9 heteroatoms. The average Bonchev–Trinajstić information content (AvgIpc) is 2.97. The maximum absolute atomic E-state index is 12.9. The standard InChI is InChI=1S/C18H22N2O5S2/c1-2-20(12-18(21)19-16-9-10-26(22,23)13-16)27(24,25)17-8-7-14-5-3-4-6-15(14)11-17/h3-8,11,16H,2,9-10,12-13H2,1H3,(H,19,21)/t16-/m1/s1. The van der Waals surface area contributed by atoms with Gasteiger partial charge in [0.25, 0.3) is 0 Å². The summed E-state index contributed by atoms with van der Waals surface area (Å²) in [5.41, 5.74) is 0. The Bertz CT molecular complexity index is 1060. The fourth-order valence-corrected chi connectivity index (χ4v) is 6.30. The number of amides is 1. The summed E-state index contributed by atoms with van der Waals surface area (Å²) in [6.45, 7) is 1.44. The van der Waals surface area contributed by atoms with E-state index in [0.717, 1.165) is 15.1 Å². The summed E-state index contributed by atoms with van der Waals surface area (Å²) >= 11 is 0. The number of hydrogen-bond acceptors (Lipinski definition) is 5. The Hall–Kier alpha value is -1.97. The normalized spacial score (nSPS) is 19.4. The van der Waals surface area contributed by atoms with Gasteiger partial charge >= 0.3 is 0 Å². The Morgan fingerprint density at radius 2 is 1.89 bits per heavy atom. The molecule has 27 heavy (non-hydrogen) atoms. The molecule has 0 saturated carbocycles. The van der Waals surface area contributed by atoms with Crippen LogP contribution in [0, 0.1) is 0 Å². The van der Waals surface area contributed by atoms with Gasteiger partial charge < -0.3 is 5.32 Å². The van der Waals surface area contributed by atoms with E-state index in [9.17, 15) is 21.6 Å². The number of benzene rings is 2. The molecule has 0 aromatic heterocycles. The van der Waals surface area contributed by atoms with E-state index in [1.54, 1.807) is 19.1 Å². The lowest BCUT2D eigenvalue weighted by molar-refractivity contribution is -0.121. The van der Waals surface area contributed by atoms with Crippen molar-refractivity contribution in [3.8, 4) is 0 Å². The summed E-state index contributed by atoms with van der Waals surface area (Å²) < 4.78 is 49.9. The van der Waals surface area contributed by atoms with Gasteiger partial charge in [0.1, 0.15) is 0 Å². The highest BCUT2D eigenvalue weighted by Crippen LogP contribution is 2.22. The van der Waals surface area contributed by atoms with Gasteiger partial charge in [-0.3, -0.25) is 4.79 Å². The summed E-state index contributed by atoms with van der Waals surface area (Å²) in [6.07, 6.45) is 0.359. The third kappa shape index (κ3) is 4.48. The predicted molar refractivity (Wildman–Crippen MR) is 104 cm³/mol. The quantitative estimate of drug-likeness (QED) is 0.770. The molecule has 1 saturated heterocycles. The monoisotopic (exact) mass is 410 g/mol. The Kier molecular flexibility index (Phi) is 5.55. The van der Waals surface area contributed by atoms with Crippen LogP contribution in [-0.4, -0.2) is 57.7 Å². The van der Waals surface area contributed by atoms with Crippen LogP contribution in [0.4, 0.5) is 0 Å². The number of carbonyl (C=O) groups excluding carboxylic acids is 1. The third-order valence-electron chi connectivity index (χ3n) is 4.63. The molecule has 2 aromatic carbocycles. The fraction of sp³-hybridized carbons (Fsp3) is 0.389. The first-order valence-corrected chi connectivity index (χ1v) is 12.0. The highest BCUT2D eigenvalue weighted by Gasteiger charge is 2.31. The minimum atomic E-state index is -3.84. The summed E-state index contributed by atoms with van der Waals surface area (Å²) in [7, 11) is -6.95. The molecule has 0 spiro atoms. The molecule has 3 rings (SSSR count). The molecular weight excluding hydrogens is 388 g/mol. The zero-order chi connectivity index (χ0) is 19.7. The van der Waals surface area contributed by atoms with E-state index in [0.29, 0.717) is 6.42 Å². The van der Waals surface area contributed by atoms with Gasteiger partial charge in [0.05, 0.1) is 22.9 Å². The maximum atomic E-state index is 12.9. The fourth-order valence-electron chi connectivity index (χ4n) is 3.19. The Labute approximate surface area is 159 Å². The second-order valence-corrected chi connectivity index (χ2v) is 10.8. The number of fused-ring (bicyclic) bond motifs is 1. The van der Waals surface area contributed by atoms with Crippen molar-refractivity contribution < 1.29 is 21.6 Å². The number of sulfone groups is 1. The minimum Gasteiger partial charge on any atom is -0.351 e. The zero-order valence-electron chi connectivity index (χ0n) is 15.0. The second kappa shape index (κ2) is 7.57. The average molecular weight is 411 g/mol. The molecule has 2 aromatic rings. The van der Waals surface area contributed by atoms with Crippen molar-refractivity contribution in [1.82, 2.24) is 9.62 Å². The topological polar surface area (TPSA) is 101 Å². The summed E-state index contributed by atoms with van der Waals surface area (Å²) in [5, 5.41) is 4.36. The van der Waals surface area contributed by atoms with Crippen molar-refractivity contribution in [2.75, 3.05) is 24.6 Å². The maximum Gasteiger partial charge on any atom is 0.243 e. The van der Waals surface area contributed by atoms with Crippen molar-refractivity contribution in [3.63, 3.8) is 0 Å². The van der Waals surface area contributed by atoms with Crippen LogP contribution < -0.4 is 5.32 Å². The lowest BCUT2D eigenvalue weighted by Gasteiger charge is -2.21. The van der Waals surface area contributed by atoms with Gasteiger partial charge in [0.15, 0.2) is 9.84 Å². The highest BCUT2D eigenvalue weighted by atomic mass is 32.2. The number of rotatable bonds is 6. The lowest BCUT2D eigenvalue weighted by atomic mass is 10.1. The van der Waals surface area contributed by atoms with Crippen LogP contribution >= 0.6 is 0 Å². The predicted octanol–water partition coefficient (Wildman–Crippen LogP) is 1.15. The van der Waals surface area contributed by atoms with Gasteiger partial charge in [-0.05, 0) is 29.3 Å². The molecule has 1 atom stereocenters. The summed E-state index contributed by atoms with van der Waals surface area (Å²) in [6, 6.07) is 11.8. The molecule has 0 bridgehead atoms. The first kappa shape index (κ1) is 19.8. The Morgan fingerprint density at radius 1 is 1.19 bits per heavy atom. The van der Waals surface area contributed by atoms with Crippen molar-refractivity contribution in [3.05, 3.63) is 42.5 Å². The molecule has 1 amide bonds. The van der Waals surface area contributed by atoms with Crippen LogP contribution in [0.15, 0.2) is 47.4 Å². The molecule has 0 unspecified atom stereocenters. The molecule has 146 valence electrons. The van der Waals surface area contributed by atoms with Crippen molar-refractivity contribution in [1.29, 1.82) is 0 Å². The van der Waals surface area contributed by atoms with Crippen LogP contribution in [0.2, 0.25) is 0 Å². The van der Waals surface area contributed by atoms with Gasteiger partial charge in [0.2, 0.25) is 15.9 Å². The van der Waals surface area contributed by atoms with E-state index in [-0.39, 0.29) is 29.5 Å². The van der Waals surface area contributed by atoms with Crippen molar-refractivity contribution >= 4 is 36.5 Å². The zero-order valence-corrected chi connectivity index (χ0v) is 16.6. The SMILES string of the molecule is CCN(CC(=O)N[C@@H]1CCS(=O)(=O)C1)S(=O)(=O)c1ccc2ccccc2c1. The number of likely N-dealkylation sites (N-methyl/N-ethyl adjacent to an activating group) is 1. The second-order valence-electron chi connectivity index (χ2n) is 6.61. The number of nitrogens with zero attached hydrogens (tertiary/aromatic N) is 1. The molecule has 1 aliphatic heterocycles. The van der Waals surface area contributed by atoms with E-state index in [4.69, 9.17) is 0 Å². The number of sulfonamides is 1. The molecule has 1 N–H and O–H groups in total. The molecule has 7 nitrogen and oxygen atoms in total. The molecule has 1 fully saturated rings. The lowest BCUT2D eigenvalue weighted by Crippen LogP contribution is -2.44. The van der Waals surface area contributed by atoms with Crippen LogP contribution in [0.5, 0.6) is 0 Å². The first-order chi connectivity index (χ1) is 12.7. The smallest absolute Gasteiger partial charge is 0.243 e. The number of hydrogen-bond donors (Lipinski definition) is 1. The van der Waals surface area contributed by atoms with Crippen LogP contribution in [0.1, 0.15) is 13.3 Å². The largest absolute Gasteiger partial charge is 0.351 e. The Balaban J connectivity index is 1.75. The van der Waals surface area contributed by atoms with E-state index < -0.39 is 31.8 Å². The van der Waals surface area contributed by atoms with Crippen LogP contribution in [0.3, 0.4) is 0 Å². The summed E-state index contributed by atoms with van der Waals surface area (Å²) in [5.74, 6) is -0.545. The minimum absolute atomic E-state index is 0.0465. The number of nitrogens with one attached hydrogen (secondary N) is 1. The molecule has 1 aliphatic rings. The third-order valence-corrected chi connectivity index (χ3v) is 8.31. The van der Waals surface area contributed by atoms with Crippen molar-refractivity contribution in [2.45, 2.75) is 24.3 Å². The molecule has 0 aliphatic carbocycles. The molecule has 0 radical (unpaired) electrons.